The van der Waals surface area contributed by atoms with E-state index < -0.39 is 5.97 Å². The second-order valence-electron chi connectivity index (χ2n) is 3.40. The molecule has 0 radical (unpaired) electrons. The van der Waals surface area contributed by atoms with Gasteiger partial charge < -0.3 is 15.2 Å². The van der Waals surface area contributed by atoms with Crippen LogP contribution >= 0.6 is 35.0 Å². The van der Waals surface area contributed by atoms with E-state index in [-0.39, 0.29) is 22.4 Å². The molecule has 8 heteroatoms. The number of amides is 1. The first-order chi connectivity index (χ1) is 8.93. The fourth-order valence-electron chi connectivity index (χ4n) is 1.20. The zero-order valence-corrected chi connectivity index (χ0v) is 12.2. The fraction of sp³-hybridized carbons (Fsp3) is 0.273. The summed E-state index contributed by atoms with van der Waals surface area (Å²) in [6.45, 7) is 0. The third kappa shape index (κ3) is 5.18. The van der Waals surface area contributed by atoms with Gasteiger partial charge in [0.15, 0.2) is 0 Å². The minimum atomic E-state index is -0.969. The summed E-state index contributed by atoms with van der Waals surface area (Å²) in [4.78, 5) is 21.9. The Morgan fingerprint density at radius 2 is 2.00 bits per heavy atom. The molecule has 2 N–H and O–H groups in total. The zero-order chi connectivity index (χ0) is 14.4. The average molecular weight is 324 g/mol. The van der Waals surface area contributed by atoms with E-state index in [1.165, 1.54) is 19.2 Å². The Hall–Kier alpha value is -1.11. The molecule has 104 valence electrons. The SMILES string of the molecule is COc1cc(NC(=O)CSCC(=O)O)c(Cl)cc1Cl. The van der Waals surface area contributed by atoms with Crippen molar-refractivity contribution in [2.75, 3.05) is 23.9 Å². The summed E-state index contributed by atoms with van der Waals surface area (Å²) in [5.74, 6) is -1.04. The number of methoxy groups -OCH3 is 1. The molecule has 19 heavy (non-hydrogen) atoms. The summed E-state index contributed by atoms with van der Waals surface area (Å²) in [6, 6.07) is 2.96. The maximum atomic E-state index is 11.6. The number of thioether (sulfide) groups is 1. The Balaban J connectivity index is 2.66. The quantitative estimate of drug-likeness (QED) is 0.841. The van der Waals surface area contributed by atoms with Gasteiger partial charge in [0.05, 0.1) is 34.3 Å². The van der Waals surface area contributed by atoms with Gasteiger partial charge in [-0.3, -0.25) is 9.59 Å². The number of anilines is 1. The molecule has 0 fully saturated rings. The Labute approximate surface area is 124 Å². The number of halogens is 2. The molecule has 1 aromatic carbocycles. The van der Waals surface area contributed by atoms with Crippen LogP contribution in [0, 0.1) is 0 Å². The molecule has 1 amide bonds. The van der Waals surface area contributed by atoms with Gasteiger partial charge in [-0.15, -0.1) is 11.8 Å². The van der Waals surface area contributed by atoms with Crippen molar-refractivity contribution in [3.05, 3.63) is 22.2 Å². The molecule has 0 aliphatic rings. The predicted molar refractivity (Wildman–Crippen MR) is 76.6 cm³/mol. The number of nitrogens with one attached hydrogen (secondary N) is 1. The first-order valence-electron chi connectivity index (χ1n) is 5.06. The van der Waals surface area contributed by atoms with E-state index in [0.29, 0.717) is 16.5 Å². The summed E-state index contributed by atoms with van der Waals surface area (Å²) in [7, 11) is 1.45. The lowest BCUT2D eigenvalue weighted by atomic mass is 10.3. The van der Waals surface area contributed by atoms with Gasteiger partial charge in [-0.1, -0.05) is 23.2 Å². The highest BCUT2D eigenvalue weighted by molar-refractivity contribution is 8.00. The molecule has 0 unspecified atom stereocenters. The first kappa shape index (κ1) is 15.9. The molecule has 0 bridgehead atoms. The monoisotopic (exact) mass is 323 g/mol. The van der Waals surface area contributed by atoms with Crippen LogP contribution in [0.3, 0.4) is 0 Å². The van der Waals surface area contributed by atoms with Crippen molar-refractivity contribution >= 4 is 52.5 Å². The largest absolute Gasteiger partial charge is 0.495 e. The number of hydrogen-bond acceptors (Lipinski definition) is 4. The molecule has 0 heterocycles. The van der Waals surface area contributed by atoms with Crippen molar-refractivity contribution in [1.82, 2.24) is 0 Å². The Bertz CT molecular complexity index is 496. The smallest absolute Gasteiger partial charge is 0.313 e. The number of carboxylic acids is 1. The molecule has 0 aliphatic heterocycles. The van der Waals surface area contributed by atoms with Gasteiger partial charge >= 0.3 is 5.97 Å². The molecule has 0 atom stereocenters. The van der Waals surface area contributed by atoms with Crippen LogP contribution < -0.4 is 10.1 Å². The van der Waals surface area contributed by atoms with Crippen LogP contribution in [0.2, 0.25) is 10.0 Å². The molecule has 1 rings (SSSR count). The summed E-state index contributed by atoms with van der Waals surface area (Å²) >= 11 is 12.8. The Morgan fingerprint density at radius 3 is 2.58 bits per heavy atom. The van der Waals surface area contributed by atoms with Gasteiger partial charge in [0.1, 0.15) is 5.75 Å². The van der Waals surface area contributed by atoms with Gasteiger partial charge in [0.25, 0.3) is 0 Å². The molecule has 0 saturated carbocycles. The van der Waals surface area contributed by atoms with Gasteiger partial charge in [-0.2, -0.15) is 0 Å². The zero-order valence-electron chi connectivity index (χ0n) is 9.91. The molecular formula is C11H11Cl2NO4S. The van der Waals surface area contributed by atoms with Gasteiger partial charge in [0.2, 0.25) is 5.91 Å². The second kappa shape index (κ2) is 7.47. The van der Waals surface area contributed by atoms with E-state index in [0.717, 1.165) is 11.8 Å². The highest BCUT2D eigenvalue weighted by Crippen LogP contribution is 2.34. The number of carboxylic acid groups (broad SMARTS) is 1. The van der Waals surface area contributed by atoms with Crippen LogP contribution in [0.5, 0.6) is 5.75 Å². The van der Waals surface area contributed by atoms with Crippen LogP contribution in [-0.4, -0.2) is 35.6 Å². The summed E-state index contributed by atoms with van der Waals surface area (Å²) < 4.78 is 5.01. The maximum absolute atomic E-state index is 11.6. The van der Waals surface area contributed by atoms with Crippen LogP contribution in [0.25, 0.3) is 0 Å². The lowest BCUT2D eigenvalue weighted by Crippen LogP contribution is -2.15. The van der Waals surface area contributed by atoms with Crippen LogP contribution in [0.1, 0.15) is 0 Å². The summed E-state index contributed by atoms with van der Waals surface area (Å²) in [6.07, 6.45) is 0. The van der Waals surface area contributed by atoms with Gasteiger partial charge in [-0.05, 0) is 6.07 Å². The number of ether oxygens (including phenoxy) is 1. The lowest BCUT2D eigenvalue weighted by molar-refractivity contribution is -0.133. The van der Waals surface area contributed by atoms with Crippen molar-refractivity contribution in [3.63, 3.8) is 0 Å². The van der Waals surface area contributed by atoms with E-state index in [1.807, 2.05) is 0 Å². The first-order valence-corrected chi connectivity index (χ1v) is 6.97. The minimum Gasteiger partial charge on any atom is -0.495 e. The third-order valence-corrected chi connectivity index (χ3v) is 3.50. The Kier molecular flexibility index (Phi) is 6.27. The lowest BCUT2D eigenvalue weighted by Gasteiger charge is -2.10. The van der Waals surface area contributed by atoms with Crippen LogP contribution in [0.15, 0.2) is 12.1 Å². The van der Waals surface area contributed by atoms with Gasteiger partial charge in [-0.25, -0.2) is 0 Å². The van der Waals surface area contributed by atoms with E-state index in [9.17, 15) is 9.59 Å². The highest BCUT2D eigenvalue weighted by atomic mass is 35.5. The van der Waals surface area contributed by atoms with Crippen molar-refractivity contribution in [3.8, 4) is 5.75 Å². The second-order valence-corrected chi connectivity index (χ2v) is 5.20. The normalized spacial score (nSPS) is 10.1. The highest BCUT2D eigenvalue weighted by Gasteiger charge is 2.11. The standard InChI is InChI=1S/C11H11Cl2NO4S/c1-18-9-3-8(6(12)2-7(9)13)14-10(15)4-19-5-11(16)17/h2-3H,4-5H2,1H3,(H,14,15)(H,16,17). The summed E-state index contributed by atoms with van der Waals surface area (Å²) in [5, 5.41) is 11.6. The fourth-order valence-corrected chi connectivity index (χ4v) is 2.24. The number of carbonyl (C=O) groups excluding carboxylic acids is 1. The van der Waals surface area contributed by atoms with Crippen molar-refractivity contribution < 1.29 is 19.4 Å². The average Bonchev–Trinajstić information content (AvgIpc) is 2.32. The number of aliphatic carboxylic acids is 1. The van der Waals surface area contributed by atoms with Crippen LogP contribution in [0.4, 0.5) is 5.69 Å². The van der Waals surface area contributed by atoms with Crippen LogP contribution in [-0.2, 0) is 9.59 Å². The summed E-state index contributed by atoms with van der Waals surface area (Å²) in [5.41, 5.74) is 0.365. The van der Waals surface area contributed by atoms with Crippen molar-refractivity contribution in [2.45, 2.75) is 0 Å². The molecule has 0 saturated heterocycles. The van der Waals surface area contributed by atoms with E-state index in [4.69, 9.17) is 33.0 Å². The number of carbonyl (C=O) groups is 2. The number of hydrogen-bond donors (Lipinski definition) is 2. The van der Waals surface area contributed by atoms with E-state index in [1.54, 1.807) is 0 Å². The Morgan fingerprint density at radius 1 is 1.32 bits per heavy atom. The number of rotatable bonds is 6. The third-order valence-electron chi connectivity index (χ3n) is 1.97. The van der Waals surface area contributed by atoms with Crippen molar-refractivity contribution in [1.29, 1.82) is 0 Å². The molecule has 0 spiro atoms. The maximum Gasteiger partial charge on any atom is 0.313 e. The molecule has 1 aromatic rings. The van der Waals surface area contributed by atoms with Gasteiger partial charge in [0, 0.05) is 6.07 Å². The van der Waals surface area contributed by atoms with E-state index in [2.05, 4.69) is 5.32 Å². The molecular weight excluding hydrogens is 313 g/mol. The molecule has 0 aliphatic carbocycles. The number of benzene rings is 1. The van der Waals surface area contributed by atoms with E-state index >= 15 is 0 Å². The topological polar surface area (TPSA) is 75.6 Å². The predicted octanol–water partition coefficient (Wildman–Crippen LogP) is 2.76. The van der Waals surface area contributed by atoms with Crippen molar-refractivity contribution in [2.24, 2.45) is 0 Å². The minimum absolute atomic E-state index is 0.0214. The molecule has 5 nitrogen and oxygen atoms in total. The molecule has 0 aromatic heterocycles.